The van der Waals surface area contributed by atoms with Crippen LogP contribution in [-0.2, 0) is 13.0 Å². The summed E-state index contributed by atoms with van der Waals surface area (Å²) in [6.45, 7) is 3.39. The molecule has 0 fully saturated rings. The molecule has 2 aromatic heterocycles. The number of hydrogen-bond donors (Lipinski definition) is 1. The summed E-state index contributed by atoms with van der Waals surface area (Å²) in [6.07, 6.45) is 3.73. The van der Waals surface area contributed by atoms with E-state index < -0.39 is 0 Å². The van der Waals surface area contributed by atoms with E-state index in [1.807, 2.05) is 44.4 Å². The third kappa shape index (κ3) is 4.09. The molecule has 2 heterocycles. The van der Waals surface area contributed by atoms with Crippen molar-refractivity contribution >= 4 is 28.8 Å². The molecule has 0 saturated carbocycles. The second-order valence-corrected chi connectivity index (χ2v) is 6.77. The first-order valence-electron chi connectivity index (χ1n) is 8.28. The zero-order chi connectivity index (χ0) is 17.8. The largest absolute Gasteiger partial charge is 0.490 e. The maximum Gasteiger partial charge on any atom is 0.180 e. The Balaban J connectivity index is 1.66. The summed E-state index contributed by atoms with van der Waals surface area (Å²) in [5, 5.41) is 4.54. The third-order valence-corrected chi connectivity index (χ3v) is 4.71. The summed E-state index contributed by atoms with van der Waals surface area (Å²) in [5.74, 6) is 0.801. The van der Waals surface area contributed by atoms with E-state index in [1.165, 1.54) is 0 Å². The van der Waals surface area contributed by atoms with E-state index in [4.69, 9.17) is 27.9 Å². The third-order valence-electron chi connectivity index (χ3n) is 4.12. The Morgan fingerprint density at radius 3 is 2.84 bits per heavy atom. The summed E-state index contributed by atoms with van der Waals surface area (Å²) >= 11 is 12.1. The van der Waals surface area contributed by atoms with Crippen molar-refractivity contribution in [2.24, 2.45) is 0 Å². The number of rotatable bonds is 7. The van der Waals surface area contributed by atoms with E-state index in [2.05, 4.69) is 14.7 Å². The van der Waals surface area contributed by atoms with Gasteiger partial charge in [0.05, 0.1) is 18.0 Å². The number of halogens is 2. The Morgan fingerprint density at radius 2 is 2.08 bits per heavy atom. The number of pyridine rings is 1. The number of imidazole rings is 1. The first-order valence-corrected chi connectivity index (χ1v) is 9.03. The van der Waals surface area contributed by atoms with Crippen molar-refractivity contribution in [1.82, 2.24) is 14.7 Å². The van der Waals surface area contributed by atoms with Crippen LogP contribution in [0.25, 0.3) is 5.65 Å². The normalized spacial score (nSPS) is 11.2. The number of nitrogens with one attached hydrogen (secondary N) is 1. The lowest BCUT2D eigenvalue weighted by Crippen LogP contribution is -2.09. The highest BCUT2D eigenvalue weighted by atomic mass is 35.5. The molecule has 0 saturated heterocycles. The highest BCUT2D eigenvalue weighted by Crippen LogP contribution is 2.24. The molecule has 0 spiro atoms. The van der Waals surface area contributed by atoms with Gasteiger partial charge in [0.1, 0.15) is 0 Å². The standard InChI is InChI=1S/C19H21Cl2N3O/c1-13-17(12-22-2)24-9-3-6-18(19(24)23-13)25-10-4-5-14-7-8-15(20)11-16(14)21/h3,6-9,11,22H,4-5,10,12H2,1-2H3. The molecule has 0 bridgehead atoms. The summed E-state index contributed by atoms with van der Waals surface area (Å²) in [7, 11) is 1.93. The van der Waals surface area contributed by atoms with Crippen LogP contribution >= 0.6 is 23.2 Å². The Hall–Kier alpha value is -1.75. The van der Waals surface area contributed by atoms with Crippen LogP contribution in [0, 0.1) is 6.92 Å². The molecule has 25 heavy (non-hydrogen) atoms. The SMILES string of the molecule is CNCc1c(C)nc2c(OCCCc3ccc(Cl)cc3Cl)cccn12. The number of hydrogen-bond acceptors (Lipinski definition) is 3. The smallest absolute Gasteiger partial charge is 0.180 e. The fourth-order valence-electron chi connectivity index (χ4n) is 2.87. The number of aromatic nitrogens is 2. The van der Waals surface area contributed by atoms with Crippen LogP contribution in [0.15, 0.2) is 36.5 Å². The number of benzene rings is 1. The lowest BCUT2D eigenvalue weighted by molar-refractivity contribution is 0.313. The van der Waals surface area contributed by atoms with Crippen molar-refractivity contribution in [2.75, 3.05) is 13.7 Å². The van der Waals surface area contributed by atoms with Crippen LogP contribution in [-0.4, -0.2) is 23.0 Å². The molecule has 0 radical (unpaired) electrons. The Bertz CT molecular complexity index is 876. The molecule has 0 aliphatic heterocycles. The van der Waals surface area contributed by atoms with Crippen LogP contribution in [0.5, 0.6) is 5.75 Å². The van der Waals surface area contributed by atoms with Gasteiger partial charge in [-0.2, -0.15) is 0 Å². The van der Waals surface area contributed by atoms with E-state index >= 15 is 0 Å². The van der Waals surface area contributed by atoms with Gasteiger partial charge in [0.25, 0.3) is 0 Å². The van der Waals surface area contributed by atoms with Crippen molar-refractivity contribution in [3.8, 4) is 5.75 Å². The molecule has 1 N–H and O–H groups in total. The minimum Gasteiger partial charge on any atom is -0.490 e. The van der Waals surface area contributed by atoms with Gasteiger partial charge >= 0.3 is 0 Å². The van der Waals surface area contributed by atoms with Gasteiger partial charge < -0.3 is 10.1 Å². The van der Waals surface area contributed by atoms with Gasteiger partial charge in [0, 0.05) is 22.8 Å². The number of fused-ring (bicyclic) bond motifs is 1. The second-order valence-electron chi connectivity index (χ2n) is 5.93. The molecule has 0 aliphatic carbocycles. The monoisotopic (exact) mass is 377 g/mol. The van der Waals surface area contributed by atoms with Gasteiger partial charge in [0.15, 0.2) is 11.4 Å². The lowest BCUT2D eigenvalue weighted by Gasteiger charge is -2.09. The molecule has 0 atom stereocenters. The predicted molar refractivity (Wildman–Crippen MR) is 103 cm³/mol. The molecule has 4 nitrogen and oxygen atoms in total. The van der Waals surface area contributed by atoms with Gasteiger partial charge in [-0.25, -0.2) is 4.98 Å². The highest BCUT2D eigenvalue weighted by Gasteiger charge is 2.11. The molecule has 1 aromatic carbocycles. The molecule has 3 rings (SSSR count). The van der Waals surface area contributed by atoms with Crippen LogP contribution in [0.3, 0.4) is 0 Å². The molecule has 132 valence electrons. The van der Waals surface area contributed by atoms with Crippen molar-refractivity contribution in [1.29, 1.82) is 0 Å². The molecular weight excluding hydrogens is 357 g/mol. The van der Waals surface area contributed by atoms with Crippen LogP contribution < -0.4 is 10.1 Å². The zero-order valence-electron chi connectivity index (χ0n) is 14.4. The molecule has 0 amide bonds. The molecular formula is C19H21Cl2N3O. The average Bonchev–Trinajstić information content (AvgIpc) is 2.90. The average molecular weight is 378 g/mol. The van der Waals surface area contributed by atoms with E-state index in [1.54, 1.807) is 6.07 Å². The summed E-state index contributed by atoms with van der Waals surface area (Å²) in [5.41, 5.74) is 4.10. The molecule has 0 aliphatic rings. The van der Waals surface area contributed by atoms with Gasteiger partial charge in [-0.05, 0) is 56.6 Å². The Kier molecular flexibility index (Phi) is 5.84. The van der Waals surface area contributed by atoms with Gasteiger partial charge in [-0.15, -0.1) is 0 Å². The van der Waals surface area contributed by atoms with Crippen LogP contribution in [0.4, 0.5) is 0 Å². The van der Waals surface area contributed by atoms with Crippen molar-refractivity contribution < 1.29 is 4.74 Å². The van der Waals surface area contributed by atoms with Crippen LogP contribution in [0.2, 0.25) is 10.0 Å². The second kappa shape index (κ2) is 8.09. The quantitative estimate of drug-likeness (QED) is 0.607. The summed E-state index contributed by atoms with van der Waals surface area (Å²) in [6, 6.07) is 9.55. The summed E-state index contributed by atoms with van der Waals surface area (Å²) in [4.78, 5) is 4.65. The van der Waals surface area contributed by atoms with Gasteiger partial charge in [0.2, 0.25) is 0 Å². The maximum absolute atomic E-state index is 6.21. The first-order chi connectivity index (χ1) is 12.1. The zero-order valence-corrected chi connectivity index (χ0v) is 15.9. The minimum atomic E-state index is 0.603. The fourth-order valence-corrected chi connectivity index (χ4v) is 3.37. The lowest BCUT2D eigenvalue weighted by atomic mass is 10.1. The van der Waals surface area contributed by atoms with E-state index in [-0.39, 0.29) is 0 Å². The maximum atomic E-state index is 6.21. The van der Waals surface area contributed by atoms with Crippen LogP contribution in [0.1, 0.15) is 23.4 Å². The van der Waals surface area contributed by atoms with Crippen molar-refractivity contribution in [2.45, 2.75) is 26.3 Å². The molecule has 6 heteroatoms. The molecule has 0 unspecified atom stereocenters. The van der Waals surface area contributed by atoms with Gasteiger partial charge in [-0.3, -0.25) is 4.40 Å². The number of aryl methyl sites for hydroxylation is 2. The fraction of sp³-hybridized carbons (Fsp3) is 0.316. The predicted octanol–water partition coefficient (Wildman–Crippen LogP) is 4.68. The Morgan fingerprint density at radius 1 is 1.24 bits per heavy atom. The van der Waals surface area contributed by atoms with Crippen molar-refractivity contribution in [3.63, 3.8) is 0 Å². The Labute approximate surface area is 157 Å². The topological polar surface area (TPSA) is 38.6 Å². The first kappa shape index (κ1) is 18.1. The minimum absolute atomic E-state index is 0.603. The number of nitrogens with zero attached hydrogens (tertiary/aromatic N) is 2. The molecule has 3 aromatic rings. The van der Waals surface area contributed by atoms with Gasteiger partial charge in [-0.1, -0.05) is 29.3 Å². The summed E-state index contributed by atoms with van der Waals surface area (Å²) < 4.78 is 8.06. The number of ether oxygens (including phenoxy) is 1. The van der Waals surface area contributed by atoms with E-state index in [0.29, 0.717) is 16.7 Å². The van der Waals surface area contributed by atoms with E-state index in [9.17, 15) is 0 Å². The van der Waals surface area contributed by atoms with E-state index in [0.717, 1.165) is 47.7 Å². The van der Waals surface area contributed by atoms with Crippen molar-refractivity contribution in [3.05, 3.63) is 63.5 Å². The highest BCUT2D eigenvalue weighted by molar-refractivity contribution is 6.35.